The predicted octanol–water partition coefficient (Wildman–Crippen LogP) is 1.83. The summed E-state index contributed by atoms with van der Waals surface area (Å²) in [6.07, 6.45) is 3.37. The molecule has 2 atom stereocenters. The van der Waals surface area contributed by atoms with Crippen LogP contribution in [-0.2, 0) is 9.53 Å². The number of hydrogen-bond acceptors (Lipinski definition) is 5. The molecule has 0 bridgehead atoms. The summed E-state index contributed by atoms with van der Waals surface area (Å²) in [6, 6.07) is 3.25. The summed E-state index contributed by atoms with van der Waals surface area (Å²) in [5.74, 6) is -2.53. The van der Waals surface area contributed by atoms with Crippen molar-refractivity contribution in [3.05, 3.63) is 34.9 Å². The fourth-order valence-electron chi connectivity index (χ4n) is 3.50. The van der Waals surface area contributed by atoms with Gasteiger partial charge in [0.1, 0.15) is 6.04 Å². The minimum Gasteiger partial charge on any atom is -0.480 e. The molecule has 0 spiro atoms. The quantitative estimate of drug-likeness (QED) is 0.657. The number of carbonyl (C=O) groups is 4. The van der Waals surface area contributed by atoms with Gasteiger partial charge in [0.2, 0.25) is 0 Å². The van der Waals surface area contributed by atoms with Gasteiger partial charge in [0, 0.05) is 12.2 Å². The van der Waals surface area contributed by atoms with Gasteiger partial charge in [-0.25, -0.2) is 4.79 Å². The second kappa shape index (κ2) is 8.52. The standard InChI is InChI=1S/C20H24N2O6/c1-2-3-6-16(20(26)27)21-17(23)12-7-8-14-15(10-12)19(25)22(18(14)24)11-13-5-4-9-28-13/h7-8,10,13,16H,2-6,9,11H2,1H3,(H,21,23)(H,26,27). The van der Waals surface area contributed by atoms with Crippen LogP contribution >= 0.6 is 0 Å². The zero-order valence-electron chi connectivity index (χ0n) is 15.8. The molecule has 3 amide bonds. The molecule has 150 valence electrons. The Balaban J connectivity index is 1.74. The van der Waals surface area contributed by atoms with Crippen LogP contribution in [0, 0.1) is 0 Å². The number of hydrogen-bond donors (Lipinski definition) is 2. The molecule has 1 fully saturated rings. The maximum absolute atomic E-state index is 12.7. The molecule has 28 heavy (non-hydrogen) atoms. The number of carboxylic acids is 1. The largest absolute Gasteiger partial charge is 0.480 e. The summed E-state index contributed by atoms with van der Waals surface area (Å²) in [4.78, 5) is 50.2. The number of rotatable bonds is 8. The number of carbonyl (C=O) groups excluding carboxylic acids is 3. The number of nitrogens with zero attached hydrogens (tertiary/aromatic N) is 1. The van der Waals surface area contributed by atoms with Gasteiger partial charge >= 0.3 is 5.97 Å². The summed E-state index contributed by atoms with van der Waals surface area (Å²) in [5.41, 5.74) is 0.568. The molecule has 2 aliphatic heterocycles. The highest BCUT2D eigenvalue weighted by molar-refractivity contribution is 6.22. The van der Waals surface area contributed by atoms with E-state index in [2.05, 4.69) is 5.32 Å². The summed E-state index contributed by atoms with van der Waals surface area (Å²) >= 11 is 0. The third-order valence-corrected chi connectivity index (χ3v) is 5.09. The maximum atomic E-state index is 12.7. The number of fused-ring (bicyclic) bond motifs is 1. The average Bonchev–Trinajstić information content (AvgIpc) is 3.27. The van der Waals surface area contributed by atoms with Crippen molar-refractivity contribution in [1.82, 2.24) is 10.2 Å². The Morgan fingerprint density at radius 3 is 2.68 bits per heavy atom. The minimum absolute atomic E-state index is 0.153. The first-order chi connectivity index (χ1) is 13.4. The lowest BCUT2D eigenvalue weighted by Crippen LogP contribution is -2.40. The number of carboxylic acid groups (broad SMARTS) is 1. The number of nitrogens with one attached hydrogen (secondary N) is 1. The normalized spacial score (nSPS) is 19.6. The van der Waals surface area contributed by atoms with E-state index in [1.54, 1.807) is 0 Å². The minimum atomic E-state index is -1.10. The average molecular weight is 388 g/mol. The van der Waals surface area contributed by atoms with Gasteiger partial charge in [-0.15, -0.1) is 0 Å². The molecular weight excluding hydrogens is 364 g/mol. The Kier molecular flexibility index (Phi) is 6.08. The fourth-order valence-corrected chi connectivity index (χ4v) is 3.50. The van der Waals surface area contributed by atoms with Gasteiger partial charge in [0.25, 0.3) is 17.7 Å². The monoisotopic (exact) mass is 388 g/mol. The molecule has 2 N–H and O–H groups in total. The number of amides is 3. The van der Waals surface area contributed by atoms with E-state index in [9.17, 15) is 24.3 Å². The van der Waals surface area contributed by atoms with E-state index in [1.165, 1.54) is 18.2 Å². The van der Waals surface area contributed by atoms with Gasteiger partial charge in [0.05, 0.1) is 23.8 Å². The van der Waals surface area contributed by atoms with Gasteiger partial charge in [-0.05, 0) is 37.5 Å². The van der Waals surface area contributed by atoms with Gasteiger partial charge in [-0.3, -0.25) is 19.3 Å². The number of benzene rings is 1. The zero-order chi connectivity index (χ0) is 20.3. The molecule has 1 saturated heterocycles. The van der Waals surface area contributed by atoms with Crippen molar-refractivity contribution in [3.8, 4) is 0 Å². The SMILES string of the molecule is CCCCC(NC(=O)c1ccc2c(c1)C(=O)N(CC1CCCO1)C2=O)C(=O)O. The lowest BCUT2D eigenvalue weighted by atomic mass is 10.0. The van der Waals surface area contributed by atoms with Crippen LogP contribution in [0.15, 0.2) is 18.2 Å². The third kappa shape index (κ3) is 4.06. The summed E-state index contributed by atoms with van der Waals surface area (Å²) < 4.78 is 5.50. The number of ether oxygens (including phenoxy) is 1. The van der Waals surface area contributed by atoms with Gasteiger partial charge in [-0.2, -0.15) is 0 Å². The molecule has 0 aliphatic carbocycles. The summed E-state index contributed by atoms with van der Waals surface area (Å²) in [5, 5.41) is 11.8. The highest BCUT2D eigenvalue weighted by Crippen LogP contribution is 2.26. The van der Waals surface area contributed by atoms with Crippen LogP contribution in [0.4, 0.5) is 0 Å². The third-order valence-electron chi connectivity index (χ3n) is 5.09. The van der Waals surface area contributed by atoms with E-state index in [1.807, 2.05) is 6.92 Å². The fraction of sp³-hybridized carbons (Fsp3) is 0.500. The second-order valence-corrected chi connectivity index (χ2v) is 7.12. The molecule has 2 aliphatic rings. The van der Waals surface area contributed by atoms with E-state index in [4.69, 9.17) is 4.74 Å². The molecular formula is C20H24N2O6. The molecule has 0 aromatic heterocycles. The highest BCUT2D eigenvalue weighted by Gasteiger charge is 2.38. The Labute approximate surface area is 162 Å². The van der Waals surface area contributed by atoms with E-state index in [0.717, 1.165) is 24.2 Å². The van der Waals surface area contributed by atoms with Crippen LogP contribution in [0.2, 0.25) is 0 Å². The smallest absolute Gasteiger partial charge is 0.326 e. The molecule has 2 heterocycles. The Morgan fingerprint density at radius 2 is 2.04 bits per heavy atom. The zero-order valence-corrected chi connectivity index (χ0v) is 15.8. The summed E-state index contributed by atoms with van der Waals surface area (Å²) in [7, 11) is 0. The van der Waals surface area contributed by atoms with Crippen molar-refractivity contribution in [2.24, 2.45) is 0 Å². The van der Waals surface area contributed by atoms with Crippen LogP contribution in [0.5, 0.6) is 0 Å². The van der Waals surface area contributed by atoms with E-state index >= 15 is 0 Å². The van der Waals surface area contributed by atoms with Gasteiger partial charge in [-0.1, -0.05) is 19.8 Å². The number of imide groups is 1. The molecule has 2 unspecified atom stereocenters. The molecule has 3 rings (SSSR count). The Bertz CT molecular complexity index is 800. The van der Waals surface area contributed by atoms with Crippen LogP contribution < -0.4 is 5.32 Å². The van der Waals surface area contributed by atoms with E-state index in [-0.39, 0.29) is 29.3 Å². The number of aliphatic carboxylic acids is 1. The molecule has 1 aromatic rings. The highest BCUT2D eigenvalue weighted by atomic mass is 16.5. The Morgan fingerprint density at radius 1 is 1.29 bits per heavy atom. The van der Waals surface area contributed by atoms with Crippen molar-refractivity contribution in [1.29, 1.82) is 0 Å². The number of unbranched alkanes of at least 4 members (excludes halogenated alkanes) is 1. The van der Waals surface area contributed by atoms with E-state index < -0.39 is 29.7 Å². The van der Waals surface area contributed by atoms with Gasteiger partial charge < -0.3 is 15.2 Å². The molecule has 1 aromatic carbocycles. The maximum Gasteiger partial charge on any atom is 0.326 e. The summed E-state index contributed by atoms with van der Waals surface area (Å²) in [6.45, 7) is 2.76. The van der Waals surface area contributed by atoms with Crippen molar-refractivity contribution in [2.45, 2.75) is 51.2 Å². The molecule has 0 saturated carbocycles. The first kappa shape index (κ1) is 20.0. The van der Waals surface area contributed by atoms with Crippen molar-refractivity contribution in [2.75, 3.05) is 13.2 Å². The molecule has 8 heteroatoms. The molecule has 0 radical (unpaired) electrons. The van der Waals surface area contributed by atoms with Crippen LogP contribution in [0.3, 0.4) is 0 Å². The second-order valence-electron chi connectivity index (χ2n) is 7.12. The topological polar surface area (TPSA) is 113 Å². The Hall–Kier alpha value is -2.74. The lowest BCUT2D eigenvalue weighted by molar-refractivity contribution is -0.139. The first-order valence-corrected chi connectivity index (χ1v) is 9.58. The lowest BCUT2D eigenvalue weighted by Gasteiger charge is -2.17. The van der Waals surface area contributed by atoms with Crippen molar-refractivity contribution < 1.29 is 29.0 Å². The van der Waals surface area contributed by atoms with Crippen molar-refractivity contribution >= 4 is 23.7 Å². The van der Waals surface area contributed by atoms with Crippen LogP contribution in [0.25, 0.3) is 0 Å². The van der Waals surface area contributed by atoms with Crippen LogP contribution in [-0.4, -0.2) is 59.0 Å². The first-order valence-electron chi connectivity index (χ1n) is 9.58. The van der Waals surface area contributed by atoms with Gasteiger partial charge in [0.15, 0.2) is 0 Å². The van der Waals surface area contributed by atoms with Crippen LogP contribution in [0.1, 0.15) is 70.1 Å². The van der Waals surface area contributed by atoms with E-state index in [0.29, 0.717) is 19.4 Å². The predicted molar refractivity (Wildman–Crippen MR) is 99.2 cm³/mol. The van der Waals surface area contributed by atoms with Crippen molar-refractivity contribution in [3.63, 3.8) is 0 Å². The molecule has 8 nitrogen and oxygen atoms in total.